The van der Waals surface area contributed by atoms with Gasteiger partial charge in [-0.1, -0.05) is 54.1 Å². The van der Waals surface area contributed by atoms with Crippen LogP contribution >= 0.6 is 11.6 Å². The minimum Gasteiger partial charge on any atom is -0.378 e. The molecule has 0 radical (unpaired) electrons. The smallest absolute Gasteiger partial charge is 0.0825 e. The van der Waals surface area contributed by atoms with Gasteiger partial charge in [0.2, 0.25) is 0 Å². The topological polar surface area (TPSA) is 16.1 Å². The molecular formula is C22H25ClN2. The average molecular weight is 353 g/mol. The van der Waals surface area contributed by atoms with Gasteiger partial charge in [-0.2, -0.15) is 0 Å². The van der Waals surface area contributed by atoms with Crippen molar-refractivity contribution in [3.8, 4) is 0 Å². The highest BCUT2D eigenvalue weighted by atomic mass is 35.5. The van der Waals surface area contributed by atoms with Crippen LogP contribution in [0.15, 0.2) is 42.5 Å². The zero-order chi connectivity index (χ0) is 18.4. The molecule has 0 fully saturated rings. The first-order valence-electron chi connectivity index (χ1n) is 8.35. The zero-order valence-corrected chi connectivity index (χ0v) is 16.3. The number of aryl methyl sites for hydroxylation is 1. The van der Waals surface area contributed by atoms with Crippen LogP contribution in [0, 0.1) is 13.8 Å². The van der Waals surface area contributed by atoms with Crippen LogP contribution in [-0.4, -0.2) is 19.1 Å². The van der Waals surface area contributed by atoms with Gasteiger partial charge in [-0.15, -0.1) is 0 Å². The Labute approximate surface area is 156 Å². The summed E-state index contributed by atoms with van der Waals surface area (Å²) in [6, 6.07) is 8.42. The molecule has 2 aromatic rings. The van der Waals surface area contributed by atoms with Crippen LogP contribution in [0.3, 0.4) is 0 Å². The van der Waals surface area contributed by atoms with Gasteiger partial charge >= 0.3 is 0 Å². The molecule has 25 heavy (non-hydrogen) atoms. The first-order chi connectivity index (χ1) is 11.9. The summed E-state index contributed by atoms with van der Waals surface area (Å²) in [6.07, 6.45) is 12.0. The predicted molar refractivity (Wildman–Crippen MR) is 112 cm³/mol. The predicted octanol–water partition coefficient (Wildman–Crippen LogP) is 6.18. The number of pyridine rings is 1. The second kappa shape index (κ2) is 8.68. The zero-order valence-electron chi connectivity index (χ0n) is 15.5. The molecule has 0 aliphatic rings. The number of halogens is 1. The lowest BCUT2D eigenvalue weighted by Crippen LogP contribution is -2.07. The highest BCUT2D eigenvalue weighted by Gasteiger charge is 2.09. The Kier molecular flexibility index (Phi) is 6.60. The molecule has 0 saturated heterocycles. The fourth-order valence-corrected chi connectivity index (χ4v) is 2.79. The molecule has 1 heterocycles. The van der Waals surface area contributed by atoms with Crippen LogP contribution in [0.25, 0.3) is 18.2 Å². The maximum Gasteiger partial charge on any atom is 0.0825 e. The minimum absolute atomic E-state index is 0.696. The number of hydrogen-bond donors (Lipinski definition) is 0. The van der Waals surface area contributed by atoms with E-state index in [1.54, 1.807) is 0 Å². The van der Waals surface area contributed by atoms with Crippen LogP contribution in [-0.2, 0) is 0 Å². The number of anilines is 1. The molecule has 0 amide bonds. The summed E-state index contributed by atoms with van der Waals surface area (Å²) in [7, 11) is 4.08. The first-order valence-corrected chi connectivity index (χ1v) is 8.73. The van der Waals surface area contributed by atoms with Crippen LogP contribution in [0.1, 0.15) is 35.0 Å². The number of hydrogen-bond acceptors (Lipinski definition) is 2. The molecule has 0 aliphatic carbocycles. The highest BCUT2D eigenvalue weighted by molar-refractivity contribution is 6.33. The molecular weight excluding hydrogens is 328 g/mol. The Morgan fingerprint density at radius 2 is 1.60 bits per heavy atom. The van der Waals surface area contributed by atoms with Crippen molar-refractivity contribution in [2.45, 2.75) is 20.8 Å². The summed E-state index contributed by atoms with van der Waals surface area (Å²) >= 11 is 6.51. The summed E-state index contributed by atoms with van der Waals surface area (Å²) in [6.45, 7) is 6.05. The lowest BCUT2D eigenvalue weighted by Gasteiger charge is -2.11. The molecule has 0 spiro atoms. The molecule has 0 saturated carbocycles. The average Bonchev–Trinajstić information content (AvgIpc) is 2.60. The van der Waals surface area contributed by atoms with E-state index >= 15 is 0 Å². The van der Waals surface area contributed by atoms with E-state index in [2.05, 4.69) is 40.2 Å². The fraction of sp³-hybridized carbons (Fsp3) is 0.227. The van der Waals surface area contributed by atoms with Crippen molar-refractivity contribution < 1.29 is 0 Å². The van der Waals surface area contributed by atoms with E-state index in [4.69, 9.17) is 11.6 Å². The summed E-state index contributed by atoms with van der Waals surface area (Å²) in [4.78, 5) is 6.69. The molecule has 0 unspecified atom stereocenters. The quantitative estimate of drug-likeness (QED) is 0.597. The van der Waals surface area contributed by atoms with E-state index in [-0.39, 0.29) is 0 Å². The Morgan fingerprint density at radius 3 is 2.20 bits per heavy atom. The van der Waals surface area contributed by atoms with Crippen molar-refractivity contribution in [2.24, 2.45) is 0 Å². The van der Waals surface area contributed by atoms with E-state index in [1.807, 2.05) is 65.2 Å². The molecule has 0 aliphatic heterocycles. The van der Waals surface area contributed by atoms with E-state index in [9.17, 15) is 0 Å². The number of aromatic nitrogens is 1. The van der Waals surface area contributed by atoms with Crippen molar-refractivity contribution in [3.63, 3.8) is 0 Å². The maximum absolute atomic E-state index is 6.51. The summed E-state index contributed by atoms with van der Waals surface area (Å²) in [5.41, 5.74) is 6.31. The van der Waals surface area contributed by atoms with E-state index in [0.717, 1.165) is 28.1 Å². The third-order valence-corrected chi connectivity index (χ3v) is 4.49. The standard InChI is InChI=1S/C22H25ClN2/c1-6-9-20-16(2)17(3)24-21(22(20)23)11-8-7-10-18-12-14-19(15-13-18)25(4)5/h6-15H,1-5H3/b9-6+,10-7+,11-8+. The first kappa shape index (κ1) is 19.0. The summed E-state index contributed by atoms with van der Waals surface area (Å²) < 4.78 is 0. The van der Waals surface area contributed by atoms with Gasteiger partial charge in [0.15, 0.2) is 0 Å². The Hall–Kier alpha value is -2.32. The van der Waals surface area contributed by atoms with Crippen molar-refractivity contribution in [1.29, 1.82) is 0 Å². The van der Waals surface area contributed by atoms with Gasteiger partial charge in [0.05, 0.1) is 10.7 Å². The lowest BCUT2D eigenvalue weighted by molar-refractivity contribution is 1.13. The van der Waals surface area contributed by atoms with Crippen LogP contribution < -0.4 is 4.90 Å². The van der Waals surface area contributed by atoms with Gasteiger partial charge in [-0.3, -0.25) is 4.98 Å². The third kappa shape index (κ3) is 4.83. The molecule has 1 aromatic carbocycles. The van der Waals surface area contributed by atoms with Crippen LogP contribution in [0.2, 0.25) is 5.02 Å². The number of allylic oxidation sites excluding steroid dienone is 3. The second-order valence-corrected chi connectivity index (χ2v) is 6.52. The van der Waals surface area contributed by atoms with Crippen molar-refractivity contribution in [1.82, 2.24) is 4.98 Å². The molecule has 130 valence electrons. The second-order valence-electron chi connectivity index (χ2n) is 6.14. The monoisotopic (exact) mass is 352 g/mol. The maximum atomic E-state index is 6.51. The van der Waals surface area contributed by atoms with E-state index in [1.165, 1.54) is 5.69 Å². The highest BCUT2D eigenvalue weighted by Crippen LogP contribution is 2.27. The SMILES string of the molecule is C/C=C/c1c(C)c(C)nc(/C=C/C=C/c2ccc(N(C)C)cc2)c1Cl. The van der Waals surface area contributed by atoms with Crippen molar-refractivity contribution in [3.05, 3.63) is 75.6 Å². The molecule has 2 nitrogen and oxygen atoms in total. The van der Waals surface area contributed by atoms with E-state index in [0.29, 0.717) is 5.02 Å². The van der Waals surface area contributed by atoms with Crippen molar-refractivity contribution in [2.75, 3.05) is 19.0 Å². The Morgan fingerprint density at radius 1 is 0.960 bits per heavy atom. The van der Waals surface area contributed by atoms with Crippen LogP contribution in [0.5, 0.6) is 0 Å². The number of rotatable bonds is 5. The Balaban J connectivity index is 2.19. The van der Waals surface area contributed by atoms with Gasteiger partial charge in [0.1, 0.15) is 0 Å². The normalized spacial score (nSPS) is 11.9. The molecule has 0 N–H and O–H groups in total. The third-order valence-electron chi connectivity index (χ3n) is 4.09. The fourth-order valence-electron chi connectivity index (χ4n) is 2.48. The van der Waals surface area contributed by atoms with Gasteiger partial charge in [0.25, 0.3) is 0 Å². The molecule has 1 aromatic heterocycles. The largest absolute Gasteiger partial charge is 0.378 e. The summed E-state index contributed by atoms with van der Waals surface area (Å²) in [5, 5.41) is 0.696. The number of nitrogens with zero attached hydrogens (tertiary/aromatic N) is 2. The van der Waals surface area contributed by atoms with Gasteiger partial charge in [-0.25, -0.2) is 0 Å². The van der Waals surface area contributed by atoms with Gasteiger partial charge in [-0.05, 0) is 55.7 Å². The van der Waals surface area contributed by atoms with Gasteiger partial charge in [0, 0.05) is 25.5 Å². The van der Waals surface area contributed by atoms with Crippen molar-refractivity contribution >= 4 is 35.5 Å². The lowest BCUT2D eigenvalue weighted by atomic mass is 10.1. The summed E-state index contributed by atoms with van der Waals surface area (Å²) in [5.74, 6) is 0. The van der Waals surface area contributed by atoms with Gasteiger partial charge < -0.3 is 4.90 Å². The van der Waals surface area contributed by atoms with Crippen LogP contribution in [0.4, 0.5) is 5.69 Å². The number of benzene rings is 1. The molecule has 3 heteroatoms. The molecule has 0 bridgehead atoms. The van der Waals surface area contributed by atoms with E-state index < -0.39 is 0 Å². The molecule has 2 rings (SSSR count). The minimum atomic E-state index is 0.696. The Bertz CT molecular complexity index is 813. The molecule has 0 atom stereocenters.